The van der Waals surface area contributed by atoms with Gasteiger partial charge in [-0.25, -0.2) is 4.98 Å². The quantitative estimate of drug-likeness (QED) is 0.606. The number of likely N-dealkylation sites (N-methyl/N-ethyl adjacent to an activating group) is 1. The molecule has 0 bridgehead atoms. The normalized spacial score (nSPS) is 16.8. The van der Waals surface area contributed by atoms with Crippen LogP contribution in [-0.4, -0.2) is 62.9 Å². The predicted octanol–water partition coefficient (Wildman–Crippen LogP) is 1.60. The van der Waals surface area contributed by atoms with E-state index >= 15 is 0 Å². The number of fused-ring (bicyclic) bond motifs is 1. The first-order chi connectivity index (χ1) is 15.0. The number of amides is 2. The molecule has 3 aromatic rings. The lowest BCUT2D eigenvalue weighted by Gasteiger charge is -2.32. The van der Waals surface area contributed by atoms with Gasteiger partial charge in [0, 0.05) is 13.5 Å². The Kier molecular flexibility index (Phi) is 5.68. The van der Waals surface area contributed by atoms with Gasteiger partial charge in [0.05, 0.1) is 5.69 Å². The molecule has 0 saturated heterocycles. The van der Waals surface area contributed by atoms with Gasteiger partial charge in [0.25, 0.3) is 11.8 Å². The van der Waals surface area contributed by atoms with Crippen LogP contribution in [0.4, 0.5) is 5.69 Å². The number of nitrogens with zero attached hydrogens (tertiary/aromatic N) is 4. The fourth-order valence-electron chi connectivity index (χ4n) is 3.58. The Balaban J connectivity index is 1.58. The summed E-state index contributed by atoms with van der Waals surface area (Å²) >= 11 is 0. The molecule has 2 aromatic carbocycles. The summed E-state index contributed by atoms with van der Waals surface area (Å²) in [7, 11) is 1.61. The van der Waals surface area contributed by atoms with E-state index in [2.05, 4.69) is 15.2 Å². The highest BCUT2D eigenvalue weighted by Crippen LogP contribution is 2.31. The minimum atomic E-state index is -1.25. The zero-order valence-electron chi connectivity index (χ0n) is 17.2. The maximum atomic E-state index is 13.2. The first kappa shape index (κ1) is 20.5. The number of para-hydroxylation sites is 2. The zero-order chi connectivity index (χ0) is 22.0. The van der Waals surface area contributed by atoms with Gasteiger partial charge in [-0.15, -0.1) is 5.10 Å². The molecule has 0 fully saturated rings. The Morgan fingerprint density at radius 3 is 2.71 bits per heavy atom. The van der Waals surface area contributed by atoms with Crippen molar-refractivity contribution in [1.82, 2.24) is 20.1 Å². The Hall–Kier alpha value is -3.72. The van der Waals surface area contributed by atoms with Crippen LogP contribution in [0, 0.1) is 0 Å². The molecule has 160 valence electrons. The summed E-state index contributed by atoms with van der Waals surface area (Å²) in [4.78, 5) is 33.1. The van der Waals surface area contributed by atoms with Crippen molar-refractivity contribution < 1.29 is 19.4 Å². The van der Waals surface area contributed by atoms with Crippen molar-refractivity contribution in [2.24, 2.45) is 0 Å². The van der Waals surface area contributed by atoms with Crippen molar-refractivity contribution >= 4 is 17.5 Å². The molecule has 31 heavy (non-hydrogen) atoms. The highest BCUT2D eigenvalue weighted by Gasteiger charge is 2.39. The van der Waals surface area contributed by atoms with Crippen molar-refractivity contribution in [3.8, 4) is 5.75 Å². The van der Waals surface area contributed by atoms with Gasteiger partial charge >= 0.3 is 0 Å². The van der Waals surface area contributed by atoms with Gasteiger partial charge in [0.1, 0.15) is 30.5 Å². The molecule has 2 heterocycles. The van der Waals surface area contributed by atoms with Crippen LogP contribution in [0.3, 0.4) is 0 Å². The number of benzene rings is 2. The molecule has 2 N–H and O–H groups in total. The van der Waals surface area contributed by atoms with Crippen LogP contribution < -0.4 is 9.64 Å². The molecule has 0 saturated carbocycles. The maximum absolute atomic E-state index is 13.2. The summed E-state index contributed by atoms with van der Waals surface area (Å²) in [6.07, 6.45) is -0.782. The molecule has 1 aromatic heterocycles. The smallest absolute Gasteiger partial charge is 0.296 e. The molecule has 0 radical (unpaired) electrons. The molecule has 2 atom stereocenters. The van der Waals surface area contributed by atoms with E-state index in [0.29, 0.717) is 23.7 Å². The second-order valence-electron chi connectivity index (χ2n) is 7.30. The number of H-pyrrole nitrogens is 1. The van der Waals surface area contributed by atoms with Crippen LogP contribution in [0.5, 0.6) is 5.75 Å². The third-order valence-corrected chi connectivity index (χ3v) is 5.15. The monoisotopic (exact) mass is 421 g/mol. The number of ether oxygens (including phenoxy) is 1. The third kappa shape index (κ3) is 4.13. The Labute approximate surface area is 179 Å². The molecule has 9 heteroatoms. The van der Waals surface area contributed by atoms with E-state index in [1.165, 1.54) is 11.8 Å². The minimum Gasteiger partial charge on any atom is -0.489 e. The Bertz CT molecular complexity index is 1080. The molecule has 0 aliphatic carbocycles. The third-order valence-electron chi connectivity index (χ3n) is 5.15. The van der Waals surface area contributed by atoms with Gasteiger partial charge in [-0.2, -0.15) is 0 Å². The highest BCUT2D eigenvalue weighted by atomic mass is 16.5. The number of nitrogens with one attached hydrogen (secondary N) is 1. The second-order valence-corrected chi connectivity index (χ2v) is 7.30. The summed E-state index contributed by atoms with van der Waals surface area (Å²) < 4.78 is 5.79. The van der Waals surface area contributed by atoms with Crippen LogP contribution in [0.25, 0.3) is 0 Å². The fourth-order valence-corrected chi connectivity index (χ4v) is 3.58. The van der Waals surface area contributed by atoms with Crippen LogP contribution >= 0.6 is 0 Å². The minimum absolute atomic E-state index is 0.0991. The van der Waals surface area contributed by atoms with Crippen LogP contribution in [0.2, 0.25) is 0 Å². The summed E-state index contributed by atoms with van der Waals surface area (Å²) in [5.74, 6) is -0.120. The van der Waals surface area contributed by atoms with Crippen molar-refractivity contribution in [1.29, 1.82) is 0 Å². The Morgan fingerprint density at radius 2 is 1.97 bits per heavy atom. The number of aliphatic hydroxyl groups excluding tert-OH is 1. The summed E-state index contributed by atoms with van der Waals surface area (Å²) in [5.41, 5.74) is 1.60. The van der Waals surface area contributed by atoms with Crippen molar-refractivity contribution in [3.05, 3.63) is 71.8 Å². The van der Waals surface area contributed by atoms with Gasteiger partial charge < -0.3 is 14.7 Å². The van der Waals surface area contributed by atoms with E-state index in [4.69, 9.17) is 4.74 Å². The number of anilines is 1. The molecule has 2 amide bonds. The average molecular weight is 421 g/mol. The van der Waals surface area contributed by atoms with Gasteiger partial charge in [-0.1, -0.05) is 42.5 Å². The number of aliphatic hydroxyl groups is 1. The maximum Gasteiger partial charge on any atom is 0.296 e. The Morgan fingerprint density at radius 1 is 1.26 bits per heavy atom. The number of hydrogen-bond acceptors (Lipinski definition) is 6. The summed E-state index contributed by atoms with van der Waals surface area (Å²) in [5, 5.41) is 17.1. The van der Waals surface area contributed by atoms with Crippen molar-refractivity contribution in [3.63, 3.8) is 0 Å². The highest BCUT2D eigenvalue weighted by molar-refractivity contribution is 6.02. The lowest BCUT2D eigenvalue weighted by Crippen LogP contribution is -2.55. The van der Waals surface area contributed by atoms with Gasteiger partial charge in [0.15, 0.2) is 0 Å². The van der Waals surface area contributed by atoms with Crippen molar-refractivity contribution in [2.75, 3.05) is 18.6 Å². The number of aromatic amines is 1. The molecule has 1 aliphatic rings. The molecule has 0 spiro atoms. The lowest BCUT2D eigenvalue weighted by atomic mass is 10.1. The summed E-state index contributed by atoms with van der Waals surface area (Å²) in [6, 6.07) is 15.7. The molecule has 1 unspecified atom stereocenters. The second kappa shape index (κ2) is 8.57. The number of rotatable bonds is 5. The van der Waals surface area contributed by atoms with Gasteiger partial charge in [-0.3, -0.25) is 19.6 Å². The van der Waals surface area contributed by atoms with E-state index in [-0.39, 0.29) is 18.3 Å². The molecular formula is C22H23N5O4. The number of aromatic nitrogens is 3. The number of hydrogen-bond donors (Lipinski definition) is 2. The van der Waals surface area contributed by atoms with Crippen molar-refractivity contribution in [2.45, 2.75) is 25.6 Å². The van der Waals surface area contributed by atoms with E-state index in [1.54, 1.807) is 31.3 Å². The largest absolute Gasteiger partial charge is 0.489 e. The molecular weight excluding hydrogens is 398 g/mol. The van der Waals surface area contributed by atoms with Crippen LogP contribution in [-0.2, 0) is 11.2 Å². The van der Waals surface area contributed by atoms with E-state index in [9.17, 15) is 14.7 Å². The van der Waals surface area contributed by atoms with E-state index < -0.39 is 18.2 Å². The standard InChI is InChI=1S/C22H23N5O4/c1-14(28)27(17-13-31-18-11-7-6-10-16(18)26(2)21(17)29)22(30)20-23-19(24-25-20)12-15-8-4-3-5-9-15/h3-11,14,17,28H,12-13H2,1-2H3,(H,23,24,25)/t14-,17?/m0/s1. The molecule has 1 aliphatic heterocycles. The van der Waals surface area contributed by atoms with E-state index in [0.717, 1.165) is 10.5 Å². The average Bonchev–Trinajstić information content (AvgIpc) is 3.20. The topological polar surface area (TPSA) is 112 Å². The molecule has 4 rings (SSSR count). The zero-order valence-corrected chi connectivity index (χ0v) is 17.2. The SMILES string of the molecule is C[C@H](O)N(C(=O)c1n[nH]c(Cc2ccccc2)n1)C1COc2ccccc2N(C)C1=O. The predicted molar refractivity (Wildman–Crippen MR) is 113 cm³/mol. The summed E-state index contributed by atoms with van der Waals surface area (Å²) in [6.45, 7) is 1.32. The van der Waals surface area contributed by atoms with Crippen LogP contribution in [0.1, 0.15) is 28.9 Å². The first-order valence-corrected chi connectivity index (χ1v) is 9.91. The molecule has 9 nitrogen and oxygen atoms in total. The van der Waals surface area contributed by atoms with E-state index in [1.807, 2.05) is 30.3 Å². The number of carbonyl (C=O) groups is 2. The lowest BCUT2D eigenvalue weighted by molar-refractivity contribution is -0.126. The fraction of sp³-hybridized carbons (Fsp3) is 0.273. The number of carbonyl (C=O) groups excluding carboxylic acids is 2. The van der Waals surface area contributed by atoms with Gasteiger partial charge in [0.2, 0.25) is 5.82 Å². The van der Waals surface area contributed by atoms with Crippen LogP contribution in [0.15, 0.2) is 54.6 Å². The first-order valence-electron chi connectivity index (χ1n) is 9.91. The van der Waals surface area contributed by atoms with Gasteiger partial charge in [-0.05, 0) is 24.6 Å².